The van der Waals surface area contributed by atoms with Crippen molar-refractivity contribution in [3.05, 3.63) is 88.2 Å². The van der Waals surface area contributed by atoms with Gasteiger partial charge in [0, 0.05) is 22.1 Å². The number of aryl methyl sites for hydroxylation is 1. The third-order valence-corrected chi connectivity index (χ3v) is 6.53. The zero-order valence-electron chi connectivity index (χ0n) is 17.5. The van der Waals surface area contributed by atoms with Crippen LogP contribution in [0.15, 0.2) is 87.0 Å². The molecule has 0 fully saturated rings. The van der Waals surface area contributed by atoms with E-state index in [1.54, 1.807) is 6.08 Å². The molecule has 2 aliphatic rings. The lowest BCUT2D eigenvalue weighted by Gasteiger charge is -2.20. The van der Waals surface area contributed by atoms with Crippen molar-refractivity contribution in [2.24, 2.45) is 10.1 Å². The van der Waals surface area contributed by atoms with Gasteiger partial charge in [0.15, 0.2) is 5.84 Å². The number of fused-ring (bicyclic) bond motifs is 1. The number of para-hydroxylation sites is 1. The van der Waals surface area contributed by atoms with Crippen molar-refractivity contribution in [1.29, 1.82) is 5.41 Å². The molecule has 0 unspecified atom stereocenters. The maximum Gasteiger partial charge on any atom is 0.283 e. The van der Waals surface area contributed by atoms with Crippen LogP contribution in [0.25, 0.3) is 11.8 Å². The van der Waals surface area contributed by atoms with Crippen LogP contribution in [0.1, 0.15) is 11.3 Å². The molecular formula is C24H18BrN5O2S. The molecule has 9 heteroatoms. The molecule has 2 aliphatic heterocycles. The molecule has 1 amide bonds. The van der Waals surface area contributed by atoms with Gasteiger partial charge >= 0.3 is 0 Å². The van der Waals surface area contributed by atoms with E-state index in [1.165, 1.54) is 16.8 Å². The quantitative estimate of drug-likeness (QED) is 0.466. The van der Waals surface area contributed by atoms with E-state index in [2.05, 4.69) is 26.0 Å². The molecule has 164 valence electrons. The monoisotopic (exact) mass is 519 g/mol. The largest absolute Gasteiger partial charge is 0.486 e. The first-order valence-electron chi connectivity index (χ1n) is 10.1. The molecule has 3 aromatic rings. The summed E-state index contributed by atoms with van der Waals surface area (Å²) in [6, 6.07) is 19.4. The zero-order chi connectivity index (χ0) is 22.9. The molecule has 2 aromatic carbocycles. The average Bonchev–Trinajstić information content (AvgIpc) is 3.43. The van der Waals surface area contributed by atoms with Gasteiger partial charge in [-0.3, -0.25) is 10.2 Å². The van der Waals surface area contributed by atoms with E-state index in [9.17, 15) is 4.79 Å². The van der Waals surface area contributed by atoms with E-state index >= 15 is 0 Å². The number of carbonyl (C=O) groups excluding carboxylic acids is 1. The molecule has 3 heterocycles. The van der Waals surface area contributed by atoms with Crippen LogP contribution in [0.2, 0.25) is 0 Å². The van der Waals surface area contributed by atoms with Crippen LogP contribution in [0.4, 0.5) is 0 Å². The highest BCUT2D eigenvalue weighted by Gasteiger charge is 2.36. The molecule has 0 aliphatic carbocycles. The molecule has 5 rings (SSSR count). The summed E-state index contributed by atoms with van der Waals surface area (Å²) in [4.78, 5) is 16.9. The number of rotatable bonds is 5. The molecule has 1 aromatic heterocycles. The second kappa shape index (κ2) is 8.84. The van der Waals surface area contributed by atoms with Crippen molar-refractivity contribution in [3.8, 4) is 11.4 Å². The molecule has 0 bridgehead atoms. The van der Waals surface area contributed by atoms with Crippen molar-refractivity contribution in [1.82, 2.24) is 9.58 Å². The van der Waals surface area contributed by atoms with Gasteiger partial charge in [-0.1, -0.05) is 34.1 Å². The minimum absolute atomic E-state index is 0.00746. The van der Waals surface area contributed by atoms with Crippen molar-refractivity contribution < 1.29 is 9.53 Å². The van der Waals surface area contributed by atoms with Crippen molar-refractivity contribution in [2.45, 2.75) is 6.92 Å². The Kier molecular flexibility index (Phi) is 5.74. The Morgan fingerprint density at radius 1 is 1.12 bits per heavy atom. The molecule has 33 heavy (non-hydrogen) atoms. The third kappa shape index (κ3) is 4.29. The maximum absolute atomic E-state index is 12.8. The molecule has 7 nitrogen and oxygen atoms in total. The predicted octanol–water partition coefficient (Wildman–Crippen LogP) is 5.25. The van der Waals surface area contributed by atoms with E-state index in [-0.39, 0.29) is 18.0 Å². The fourth-order valence-electron chi connectivity index (χ4n) is 3.44. The average molecular weight is 520 g/mol. The van der Waals surface area contributed by atoms with Crippen LogP contribution < -0.4 is 4.74 Å². The van der Waals surface area contributed by atoms with Crippen LogP contribution in [0, 0.1) is 12.3 Å². The number of nitrogens with zero attached hydrogens (tertiary/aromatic N) is 4. The van der Waals surface area contributed by atoms with Crippen LogP contribution in [0.5, 0.6) is 5.75 Å². The second-order valence-electron chi connectivity index (χ2n) is 7.35. The molecule has 0 saturated carbocycles. The zero-order valence-corrected chi connectivity index (χ0v) is 19.9. The van der Waals surface area contributed by atoms with E-state index < -0.39 is 5.91 Å². The highest BCUT2D eigenvalue weighted by molar-refractivity contribution is 9.10. The molecule has 0 saturated heterocycles. The number of aliphatic imine (C=N–C) groups is 1. The summed E-state index contributed by atoms with van der Waals surface area (Å²) in [5.74, 6) is 0.304. The van der Waals surface area contributed by atoms with E-state index in [0.29, 0.717) is 10.2 Å². The number of thioether (sulfide) groups is 1. The van der Waals surface area contributed by atoms with Crippen molar-refractivity contribution in [2.75, 3.05) is 6.61 Å². The molecule has 0 spiro atoms. The highest BCUT2D eigenvalue weighted by atomic mass is 79.9. The first kappa shape index (κ1) is 21.4. The molecule has 1 N–H and O–H groups in total. The SMILES string of the molecule is Cc1ccccc1OCC1=NN2C(=N)/C(=C\c3cccn3-c3ccc(Br)cc3)C(=O)N=C2S1. The second-order valence-corrected chi connectivity index (χ2v) is 9.30. The highest BCUT2D eigenvalue weighted by Crippen LogP contribution is 2.29. The summed E-state index contributed by atoms with van der Waals surface area (Å²) in [6.45, 7) is 2.21. The fourth-order valence-corrected chi connectivity index (χ4v) is 4.51. The van der Waals surface area contributed by atoms with Gasteiger partial charge < -0.3 is 9.30 Å². The van der Waals surface area contributed by atoms with Crippen LogP contribution in [-0.4, -0.2) is 38.1 Å². The first-order valence-corrected chi connectivity index (χ1v) is 11.7. The Labute approximate surface area is 203 Å². The van der Waals surface area contributed by atoms with E-state index in [4.69, 9.17) is 10.1 Å². The normalized spacial score (nSPS) is 16.7. The van der Waals surface area contributed by atoms with E-state index in [0.717, 1.165) is 27.2 Å². The minimum Gasteiger partial charge on any atom is -0.486 e. The van der Waals surface area contributed by atoms with Crippen LogP contribution >= 0.6 is 27.7 Å². The standard InChI is InChI=1S/C24H18BrN5O2S/c1-15-5-2-3-7-20(15)32-14-21-28-30-22(26)19(23(31)27-24(30)33-21)13-18-6-4-12-29(18)17-10-8-16(25)9-11-17/h2-13,26H,14H2,1H3/b19-13+,26-22?. The minimum atomic E-state index is -0.460. The van der Waals surface area contributed by atoms with Gasteiger partial charge in [-0.2, -0.15) is 15.1 Å². The number of nitrogens with one attached hydrogen (secondary N) is 1. The summed E-state index contributed by atoms with van der Waals surface area (Å²) >= 11 is 4.68. The van der Waals surface area contributed by atoms with E-state index in [1.807, 2.05) is 78.4 Å². The molecule has 0 atom stereocenters. The van der Waals surface area contributed by atoms with Crippen molar-refractivity contribution >= 4 is 55.7 Å². The van der Waals surface area contributed by atoms with Crippen LogP contribution in [-0.2, 0) is 4.79 Å². The fraction of sp³-hybridized carbons (Fsp3) is 0.0833. The van der Waals surface area contributed by atoms with Crippen molar-refractivity contribution in [3.63, 3.8) is 0 Å². The summed E-state index contributed by atoms with van der Waals surface area (Å²) in [6.07, 6.45) is 3.58. The maximum atomic E-state index is 12.8. The summed E-state index contributed by atoms with van der Waals surface area (Å²) in [5.41, 5.74) is 2.92. The number of carbonyl (C=O) groups is 1. The number of halogens is 1. The van der Waals surface area contributed by atoms with Crippen LogP contribution in [0.3, 0.4) is 0 Å². The first-order chi connectivity index (χ1) is 16.0. The number of amidine groups is 2. The predicted molar refractivity (Wildman–Crippen MR) is 135 cm³/mol. The van der Waals surface area contributed by atoms with Gasteiger partial charge in [0.1, 0.15) is 17.4 Å². The number of hydrogen-bond donors (Lipinski definition) is 1. The number of hydrogen-bond acceptors (Lipinski definition) is 5. The number of hydrazone groups is 1. The van der Waals surface area contributed by atoms with Gasteiger partial charge in [-0.25, -0.2) is 0 Å². The van der Waals surface area contributed by atoms with Gasteiger partial charge in [0.2, 0.25) is 5.17 Å². The molecular weight excluding hydrogens is 502 g/mol. The van der Waals surface area contributed by atoms with Gasteiger partial charge in [0.25, 0.3) is 5.91 Å². The Bertz CT molecular complexity index is 1360. The lowest BCUT2D eigenvalue weighted by Crippen LogP contribution is -2.35. The summed E-state index contributed by atoms with van der Waals surface area (Å²) in [7, 11) is 0. The lowest BCUT2D eigenvalue weighted by atomic mass is 10.1. The van der Waals surface area contributed by atoms with Gasteiger partial charge in [-0.15, -0.1) is 0 Å². The lowest BCUT2D eigenvalue weighted by molar-refractivity contribution is -0.114. The Morgan fingerprint density at radius 3 is 2.70 bits per heavy atom. The Morgan fingerprint density at radius 2 is 1.91 bits per heavy atom. The summed E-state index contributed by atoms with van der Waals surface area (Å²) < 4.78 is 8.79. The number of ether oxygens (including phenoxy) is 1. The number of amides is 1. The number of benzene rings is 2. The smallest absolute Gasteiger partial charge is 0.283 e. The third-order valence-electron chi connectivity index (χ3n) is 5.12. The topological polar surface area (TPSA) is 83.0 Å². The molecule has 0 radical (unpaired) electrons. The Hall–Kier alpha value is -3.43. The van der Waals surface area contributed by atoms with Gasteiger partial charge in [-0.05, 0) is 72.8 Å². The number of aromatic nitrogens is 1. The van der Waals surface area contributed by atoms with Gasteiger partial charge in [0.05, 0.1) is 5.57 Å². The Balaban J connectivity index is 1.38. The summed E-state index contributed by atoms with van der Waals surface area (Å²) in [5, 5.41) is 15.5.